The minimum atomic E-state index is -1.03. The molecule has 0 saturated heterocycles. The van der Waals surface area contributed by atoms with Crippen molar-refractivity contribution in [2.24, 2.45) is 0 Å². The molecule has 0 spiro atoms. The summed E-state index contributed by atoms with van der Waals surface area (Å²) in [6, 6.07) is 14.6. The van der Waals surface area contributed by atoms with Crippen LogP contribution in [0.15, 0.2) is 48.5 Å². The van der Waals surface area contributed by atoms with Gasteiger partial charge in [0.15, 0.2) is 0 Å². The average Bonchev–Trinajstić information content (AvgIpc) is 2.53. The highest BCUT2D eigenvalue weighted by molar-refractivity contribution is 5.95. The van der Waals surface area contributed by atoms with Crippen molar-refractivity contribution < 1.29 is 14.7 Å². The fourth-order valence-corrected chi connectivity index (χ4v) is 1.75. The van der Waals surface area contributed by atoms with Gasteiger partial charge in [0.25, 0.3) is 5.91 Å². The molecule has 5 heteroatoms. The number of nitrogens with zero attached hydrogens (tertiary/aromatic N) is 1. The van der Waals surface area contributed by atoms with Gasteiger partial charge in [-0.2, -0.15) is 5.26 Å². The lowest BCUT2D eigenvalue weighted by Crippen LogP contribution is -2.22. The highest BCUT2D eigenvalue weighted by Crippen LogP contribution is 2.06. The van der Waals surface area contributed by atoms with Crippen molar-refractivity contribution in [1.82, 2.24) is 5.32 Å². The van der Waals surface area contributed by atoms with Crippen LogP contribution >= 0.6 is 0 Å². The first-order chi connectivity index (χ1) is 10.1. The van der Waals surface area contributed by atoms with Gasteiger partial charge < -0.3 is 10.4 Å². The number of carboxylic acids is 1. The van der Waals surface area contributed by atoms with E-state index < -0.39 is 5.97 Å². The molecule has 1 amide bonds. The van der Waals surface area contributed by atoms with Crippen LogP contribution in [0, 0.1) is 11.3 Å². The molecule has 2 aromatic carbocycles. The summed E-state index contributed by atoms with van der Waals surface area (Å²) in [5, 5.41) is 20.2. The number of carbonyl (C=O) groups excluding carboxylic acids is 1. The van der Waals surface area contributed by atoms with Gasteiger partial charge in [-0.25, -0.2) is 4.79 Å². The molecule has 2 rings (SSSR count). The second-order valence-electron chi connectivity index (χ2n) is 4.37. The minimum absolute atomic E-state index is 0.138. The summed E-state index contributed by atoms with van der Waals surface area (Å²) in [6.45, 7) is 0.339. The Kier molecular flexibility index (Phi) is 4.32. The van der Waals surface area contributed by atoms with Gasteiger partial charge in [-0.1, -0.05) is 12.1 Å². The highest BCUT2D eigenvalue weighted by Gasteiger charge is 2.07. The van der Waals surface area contributed by atoms with Crippen molar-refractivity contribution in [2.75, 3.05) is 0 Å². The molecule has 0 aromatic heterocycles. The van der Waals surface area contributed by atoms with Crippen LogP contribution in [0.25, 0.3) is 0 Å². The standard InChI is InChI=1S/C16H12N2O3/c17-9-11-1-3-12(4-2-11)10-18-15(19)13-5-7-14(8-6-13)16(20)21/h1-8H,10H2,(H,18,19)(H,20,21). The van der Waals surface area contributed by atoms with Crippen LogP contribution in [0.1, 0.15) is 31.8 Å². The van der Waals surface area contributed by atoms with E-state index in [0.29, 0.717) is 17.7 Å². The predicted octanol–water partition coefficient (Wildman–Crippen LogP) is 2.19. The molecule has 0 aliphatic rings. The molecular formula is C16H12N2O3. The van der Waals surface area contributed by atoms with E-state index in [1.807, 2.05) is 6.07 Å². The van der Waals surface area contributed by atoms with Crippen molar-refractivity contribution in [3.05, 3.63) is 70.8 Å². The molecule has 0 fully saturated rings. The molecule has 5 nitrogen and oxygen atoms in total. The van der Waals surface area contributed by atoms with Crippen LogP contribution in [0.2, 0.25) is 0 Å². The zero-order chi connectivity index (χ0) is 15.2. The molecule has 0 atom stereocenters. The Bertz CT molecular complexity index is 698. The number of amides is 1. The molecule has 104 valence electrons. The molecule has 2 N–H and O–H groups in total. The molecule has 0 bridgehead atoms. The van der Waals surface area contributed by atoms with Crippen LogP contribution < -0.4 is 5.32 Å². The Hall–Kier alpha value is -3.13. The summed E-state index contributed by atoms with van der Waals surface area (Å²) >= 11 is 0. The van der Waals surface area contributed by atoms with Gasteiger partial charge in [0.05, 0.1) is 17.2 Å². The van der Waals surface area contributed by atoms with E-state index in [9.17, 15) is 9.59 Å². The first kappa shape index (κ1) is 14.3. The number of hydrogen-bond acceptors (Lipinski definition) is 3. The minimum Gasteiger partial charge on any atom is -0.478 e. The van der Waals surface area contributed by atoms with E-state index in [2.05, 4.69) is 5.32 Å². The number of carbonyl (C=O) groups is 2. The number of rotatable bonds is 4. The molecule has 0 heterocycles. The molecule has 0 unspecified atom stereocenters. The monoisotopic (exact) mass is 280 g/mol. The maximum atomic E-state index is 11.9. The third-order valence-electron chi connectivity index (χ3n) is 2.93. The van der Waals surface area contributed by atoms with Gasteiger partial charge in [0.1, 0.15) is 0 Å². The smallest absolute Gasteiger partial charge is 0.335 e. The lowest BCUT2D eigenvalue weighted by atomic mass is 10.1. The Balaban J connectivity index is 1.97. The molecule has 2 aromatic rings. The van der Waals surface area contributed by atoms with Gasteiger partial charge >= 0.3 is 5.97 Å². The first-order valence-corrected chi connectivity index (χ1v) is 6.21. The lowest BCUT2D eigenvalue weighted by Gasteiger charge is -2.06. The fourth-order valence-electron chi connectivity index (χ4n) is 1.75. The summed E-state index contributed by atoms with van der Waals surface area (Å²) in [5.74, 6) is -1.31. The summed E-state index contributed by atoms with van der Waals surface area (Å²) in [4.78, 5) is 22.6. The molecule has 0 aliphatic heterocycles. The second kappa shape index (κ2) is 6.35. The Morgan fingerprint density at radius 3 is 2.10 bits per heavy atom. The van der Waals surface area contributed by atoms with Crippen LogP contribution in [0.3, 0.4) is 0 Å². The largest absolute Gasteiger partial charge is 0.478 e. The topological polar surface area (TPSA) is 90.2 Å². The van der Waals surface area contributed by atoms with Crippen LogP contribution in [0.5, 0.6) is 0 Å². The second-order valence-corrected chi connectivity index (χ2v) is 4.37. The number of benzene rings is 2. The number of aromatic carboxylic acids is 1. The molecule has 0 saturated carbocycles. The molecular weight excluding hydrogens is 268 g/mol. The van der Waals surface area contributed by atoms with E-state index in [1.165, 1.54) is 24.3 Å². The lowest BCUT2D eigenvalue weighted by molar-refractivity contribution is 0.0696. The molecule has 0 radical (unpaired) electrons. The summed E-state index contributed by atoms with van der Waals surface area (Å²) in [5.41, 5.74) is 1.98. The maximum Gasteiger partial charge on any atom is 0.335 e. The van der Waals surface area contributed by atoms with Crippen molar-refractivity contribution in [3.8, 4) is 6.07 Å². The predicted molar refractivity (Wildman–Crippen MR) is 75.7 cm³/mol. The fraction of sp³-hybridized carbons (Fsp3) is 0.0625. The van der Waals surface area contributed by atoms with Crippen LogP contribution in [-0.2, 0) is 6.54 Å². The number of carboxylic acid groups (broad SMARTS) is 1. The maximum absolute atomic E-state index is 11.9. The number of nitriles is 1. The average molecular weight is 280 g/mol. The third-order valence-corrected chi connectivity index (χ3v) is 2.93. The van der Waals surface area contributed by atoms with Crippen LogP contribution in [-0.4, -0.2) is 17.0 Å². The zero-order valence-electron chi connectivity index (χ0n) is 11.0. The van der Waals surface area contributed by atoms with E-state index in [-0.39, 0.29) is 11.5 Å². The summed E-state index contributed by atoms with van der Waals surface area (Å²) < 4.78 is 0. The first-order valence-electron chi connectivity index (χ1n) is 6.21. The van der Waals surface area contributed by atoms with E-state index in [0.717, 1.165) is 5.56 Å². The number of nitrogens with one attached hydrogen (secondary N) is 1. The van der Waals surface area contributed by atoms with E-state index in [4.69, 9.17) is 10.4 Å². The summed E-state index contributed by atoms with van der Waals surface area (Å²) in [6.07, 6.45) is 0. The normalized spacial score (nSPS) is 9.67. The number of hydrogen-bond donors (Lipinski definition) is 2. The summed E-state index contributed by atoms with van der Waals surface area (Å²) in [7, 11) is 0. The highest BCUT2D eigenvalue weighted by atomic mass is 16.4. The van der Waals surface area contributed by atoms with Crippen molar-refractivity contribution >= 4 is 11.9 Å². The zero-order valence-corrected chi connectivity index (χ0v) is 11.0. The SMILES string of the molecule is N#Cc1ccc(CNC(=O)c2ccc(C(=O)O)cc2)cc1. The quantitative estimate of drug-likeness (QED) is 0.898. The van der Waals surface area contributed by atoms with Crippen molar-refractivity contribution in [3.63, 3.8) is 0 Å². The van der Waals surface area contributed by atoms with Crippen LogP contribution in [0.4, 0.5) is 0 Å². The van der Waals surface area contributed by atoms with Crippen molar-refractivity contribution in [1.29, 1.82) is 5.26 Å². The van der Waals surface area contributed by atoms with Gasteiger partial charge in [0.2, 0.25) is 0 Å². The molecule has 0 aliphatic carbocycles. The Morgan fingerprint density at radius 1 is 1.00 bits per heavy atom. The van der Waals surface area contributed by atoms with E-state index in [1.54, 1.807) is 24.3 Å². The third kappa shape index (κ3) is 3.67. The Labute approximate surface area is 121 Å². The van der Waals surface area contributed by atoms with Gasteiger partial charge in [-0.3, -0.25) is 4.79 Å². The molecule has 21 heavy (non-hydrogen) atoms. The Morgan fingerprint density at radius 2 is 1.57 bits per heavy atom. The van der Waals surface area contributed by atoms with Gasteiger partial charge in [0, 0.05) is 12.1 Å². The van der Waals surface area contributed by atoms with Gasteiger partial charge in [-0.05, 0) is 42.0 Å². The van der Waals surface area contributed by atoms with E-state index >= 15 is 0 Å². The van der Waals surface area contributed by atoms with Crippen molar-refractivity contribution in [2.45, 2.75) is 6.54 Å². The van der Waals surface area contributed by atoms with Gasteiger partial charge in [-0.15, -0.1) is 0 Å².